The van der Waals surface area contributed by atoms with Crippen molar-refractivity contribution in [1.82, 2.24) is 0 Å². The lowest BCUT2D eigenvalue weighted by Crippen LogP contribution is -2.13. The number of carbonyl (C=O) groups is 1. The maximum absolute atomic E-state index is 12.7. The fourth-order valence-electron chi connectivity index (χ4n) is 1.91. The average Bonchev–Trinajstić information content (AvgIpc) is 2.67. The Morgan fingerprint density at radius 1 is 1.00 bits per heavy atom. The minimum Gasteiger partial charge on any atom is -0.454 e. The first kappa shape index (κ1) is 15.4. The van der Waals surface area contributed by atoms with Crippen LogP contribution in [0.2, 0.25) is 0 Å². The number of alkyl halides is 6. The first-order valence-corrected chi connectivity index (χ1v) is 5.66. The Balaban J connectivity index is 2.51. The number of cyclic esters (lactones) is 1. The summed E-state index contributed by atoms with van der Waals surface area (Å²) in [7, 11) is 0. The number of esters is 1. The Morgan fingerprint density at radius 2 is 1.48 bits per heavy atom. The zero-order valence-corrected chi connectivity index (χ0v) is 10.3. The van der Waals surface area contributed by atoms with Crippen LogP contribution in [0.25, 0.3) is 0 Å². The molecule has 2 rings (SSSR count). The van der Waals surface area contributed by atoms with E-state index in [0.717, 1.165) is 0 Å². The summed E-state index contributed by atoms with van der Waals surface area (Å²) in [5, 5.41) is 0. The molecule has 0 radical (unpaired) electrons. The SMILES string of the molecule is C=C1C[C@@H](c2cc(C(F)(F)F)cc(C(F)(F)F)c2)OC1=O. The van der Waals surface area contributed by atoms with Crippen LogP contribution < -0.4 is 0 Å². The second-order valence-corrected chi connectivity index (χ2v) is 4.54. The van der Waals surface area contributed by atoms with E-state index >= 15 is 0 Å². The molecule has 1 atom stereocenters. The van der Waals surface area contributed by atoms with Crippen molar-refractivity contribution < 1.29 is 35.9 Å². The fraction of sp³-hybridized carbons (Fsp3) is 0.308. The number of carbonyl (C=O) groups excluding carboxylic acids is 1. The zero-order valence-electron chi connectivity index (χ0n) is 10.3. The summed E-state index contributed by atoms with van der Waals surface area (Å²) in [6.45, 7) is 3.33. The Kier molecular flexibility index (Phi) is 3.51. The van der Waals surface area contributed by atoms with Crippen LogP contribution in [-0.2, 0) is 21.9 Å². The van der Waals surface area contributed by atoms with Gasteiger partial charge in [0.25, 0.3) is 0 Å². The molecular formula is C13H8F6O2. The van der Waals surface area contributed by atoms with Crippen LogP contribution in [0.1, 0.15) is 29.2 Å². The molecule has 21 heavy (non-hydrogen) atoms. The molecule has 1 aromatic carbocycles. The van der Waals surface area contributed by atoms with Crippen LogP contribution in [0.5, 0.6) is 0 Å². The molecule has 0 N–H and O–H groups in total. The number of rotatable bonds is 1. The minimum absolute atomic E-state index is 0.00553. The predicted molar refractivity (Wildman–Crippen MR) is 59.0 cm³/mol. The number of hydrogen-bond donors (Lipinski definition) is 0. The highest BCUT2D eigenvalue weighted by Gasteiger charge is 2.39. The highest BCUT2D eigenvalue weighted by atomic mass is 19.4. The Bertz CT molecular complexity index is 551. The summed E-state index contributed by atoms with van der Waals surface area (Å²) in [6.07, 6.45) is -11.2. The molecule has 2 nitrogen and oxygen atoms in total. The summed E-state index contributed by atoms with van der Waals surface area (Å²) in [5.41, 5.74) is -3.24. The molecule has 114 valence electrons. The van der Waals surface area contributed by atoms with Crippen LogP contribution in [0.4, 0.5) is 26.3 Å². The lowest BCUT2D eigenvalue weighted by Gasteiger charge is -2.16. The van der Waals surface area contributed by atoms with E-state index in [9.17, 15) is 31.1 Å². The van der Waals surface area contributed by atoms with Crippen molar-refractivity contribution in [3.05, 3.63) is 47.0 Å². The molecule has 0 aromatic heterocycles. The van der Waals surface area contributed by atoms with Gasteiger partial charge in [-0.15, -0.1) is 0 Å². The molecule has 1 aliphatic rings. The molecule has 0 saturated carbocycles. The van der Waals surface area contributed by atoms with Gasteiger partial charge in [-0.2, -0.15) is 26.3 Å². The van der Waals surface area contributed by atoms with E-state index in [4.69, 9.17) is 4.74 Å². The molecule has 0 bridgehead atoms. The van der Waals surface area contributed by atoms with E-state index in [1.807, 2.05) is 0 Å². The van der Waals surface area contributed by atoms with Crippen LogP contribution in [0.15, 0.2) is 30.4 Å². The molecule has 0 spiro atoms. The fourth-order valence-corrected chi connectivity index (χ4v) is 1.91. The smallest absolute Gasteiger partial charge is 0.416 e. The van der Waals surface area contributed by atoms with Crippen molar-refractivity contribution in [2.45, 2.75) is 24.9 Å². The first-order valence-electron chi connectivity index (χ1n) is 5.66. The van der Waals surface area contributed by atoms with Gasteiger partial charge in [0, 0.05) is 12.0 Å². The van der Waals surface area contributed by atoms with E-state index in [-0.39, 0.29) is 23.6 Å². The summed E-state index contributed by atoms with van der Waals surface area (Å²) in [5.74, 6) is -0.828. The average molecular weight is 310 g/mol. The molecular weight excluding hydrogens is 302 g/mol. The van der Waals surface area contributed by atoms with E-state index in [1.54, 1.807) is 0 Å². The van der Waals surface area contributed by atoms with Crippen LogP contribution in [-0.4, -0.2) is 5.97 Å². The highest BCUT2D eigenvalue weighted by molar-refractivity contribution is 5.90. The van der Waals surface area contributed by atoms with Gasteiger partial charge in [0.05, 0.1) is 11.1 Å². The van der Waals surface area contributed by atoms with Gasteiger partial charge in [0.1, 0.15) is 6.10 Å². The molecule has 0 amide bonds. The monoisotopic (exact) mass is 310 g/mol. The molecule has 1 fully saturated rings. The van der Waals surface area contributed by atoms with Crippen molar-refractivity contribution in [3.8, 4) is 0 Å². The van der Waals surface area contributed by atoms with Crippen molar-refractivity contribution in [3.63, 3.8) is 0 Å². The van der Waals surface area contributed by atoms with E-state index in [0.29, 0.717) is 12.1 Å². The van der Waals surface area contributed by atoms with Crippen molar-refractivity contribution in [2.75, 3.05) is 0 Å². The van der Waals surface area contributed by atoms with Gasteiger partial charge in [-0.3, -0.25) is 0 Å². The highest BCUT2D eigenvalue weighted by Crippen LogP contribution is 2.40. The number of ether oxygens (including phenoxy) is 1. The van der Waals surface area contributed by atoms with E-state index in [1.165, 1.54) is 0 Å². The summed E-state index contributed by atoms with van der Waals surface area (Å²) < 4.78 is 80.8. The summed E-state index contributed by atoms with van der Waals surface area (Å²) in [6, 6.07) is 1.12. The van der Waals surface area contributed by atoms with Gasteiger partial charge >= 0.3 is 18.3 Å². The largest absolute Gasteiger partial charge is 0.454 e. The maximum atomic E-state index is 12.7. The molecule has 0 aliphatic carbocycles. The standard InChI is InChI=1S/C13H8F6O2/c1-6-2-10(21-11(6)20)7-3-8(12(14,15)16)5-9(4-7)13(17,18)19/h3-5,10H,1-2H2/t10-/m0/s1. The van der Waals surface area contributed by atoms with E-state index < -0.39 is 35.6 Å². The zero-order chi connectivity index (χ0) is 16.0. The lowest BCUT2D eigenvalue weighted by molar-refractivity contribution is -0.143. The second-order valence-electron chi connectivity index (χ2n) is 4.54. The van der Waals surface area contributed by atoms with Crippen LogP contribution in [0, 0.1) is 0 Å². The van der Waals surface area contributed by atoms with Gasteiger partial charge in [0.15, 0.2) is 0 Å². The minimum atomic E-state index is -4.93. The summed E-state index contributed by atoms with van der Waals surface area (Å²) in [4.78, 5) is 11.2. The van der Waals surface area contributed by atoms with Gasteiger partial charge in [-0.25, -0.2) is 4.79 Å². The predicted octanol–water partition coefficient (Wildman–Crippen LogP) is 4.27. The summed E-state index contributed by atoms with van der Waals surface area (Å²) >= 11 is 0. The van der Waals surface area contributed by atoms with Gasteiger partial charge in [-0.1, -0.05) is 6.58 Å². The molecule has 1 aliphatic heterocycles. The number of hydrogen-bond acceptors (Lipinski definition) is 2. The quantitative estimate of drug-likeness (QED) is 0.440. The molecule has 8 heteroatoms. The van der Waals surface area contributed by atoms with Crippen LogP contribution >= 0.6 is 0 Å². The van der Waals surface area contributed by atoms with Gasteiger partial charge in [0.2, 0.25) is 0 Å². The maximum Gasteiger partial charge on any atom is 0.416 e. The molecule has 1 aromatic rings. The molecule has 1 heterocycles. The van der Waals surface area contributed by atoms with Crippen molar-refractivity contribution in [2.24, 2.45) is 0 Å². The topological polar surface area (TPSA) is 26.3 Å². The molecule has 0 unspecified atom stereocenters. The van der Waals surface area contributed by atoms with Crippen molar-refractivity contribution in [1.29, 1.82) is 0 Å². The first-order chi connectivity index (χ1) is 9.48. The van der Waals surface area contributed by atoms with Gasteiger partial charge < -0.3 is 4.74 Å². The number of benzene rings is 1. The third-order valence-corrected chi connectivity index (χ3v) is 2.95. The number of halogens is 6. The third kappa shape index (κ3) is 3.20. The normalized spacial score (nSPS) is 19.8. The third-order valence-electron chi connectivity index (χ3n) is 2.95. The Morgan fingerprint density at radius 3 is 1.81 bits per heavy atom. The Labute approximate surface area is 115 Å². The Hall–Kier alpha value is -1.99. The van der Waals surface area contributed by atoms with E-state index in [2.05, 4.69) is 6.58 Å². The van der Waals surface area contributed by atoms with Gasteiger partial charge in [-0.05, 0) is 23.8 Å². The van der Waals surface area contributed by atoms with Crippen molar-refractivity contribution >= 4 is 5.97 Å². The lowest BCUT2D eigenvalue weighted by atomic mass is 9.99. The van der Waals surface area contributed by atoms with Crippen LogP contribution in [0.3, 0.4) is 0 Å². The second kappa shape index (κ2) is 4.78. The molecule has 1 saturated heterocycles.